The van der Waals surface area contributed by atoms with E-state index in [-0.39, 0.29) is 48.2 Å². The Morgan fingerprint density at radius 1 is 1.03 bits per heavy atom. The van der Waals surface area contributed by atoms with Crippen molar-refractivity contribution in [2.24, 2.45) is 0 Å². The van der Waals surface area contributed by atoms with Gasteiger partial charge in [0.25, 0.3) is 0 Å². The highest BCUT2D eigenvalue weighted by Gasteiger charge is 2.36. The number of H-pyrrole nitrogens is 1. The van der Waals surface area contributed by atoms with E-state index in [1.807, 2.05) is 0 Å². The summed E-state index contributed by atoms with van der Waals surface area (Å²) in [5, 5.41) is 5.96. The second-order valence-electron chi connectivity index (χ2n) is 6.75. The molecule has 1 saturated heterocycles. The molecule has 3 aromatic rings. The van der Waals surface area contributed by atoms with Crippen LogP contribution in [0.5, 0.6) is 0 Å². The molecule has 1 aliphatic heterocycles. The normalized spacial score (nSPS) is 15.9. The maximum Gasteiger partial charge on any atom is 0.417 e. The molecule has 7 nitrogen and oxygen atoms in total. The lowest BCUT2D eigenvalue weighted by Gasteiger charge is -2.26. The SMILES string of the molecule is O=S(=O)(c1ccc(-c2c(F)cc(-c3ncn[nH]3)cc2C(F)(F)F)cc1)N1CCOCC1. The van der Waals surface area contributed by atoms with Crippen molar-refractivity contribution in [2.45, 2.75) is 11.1 Å². The van der Waals surface area contributed by atoms with Crippen molar-refractivity contribution in [1.29, 1.82) is 0 Å². The first-order valence-electron chi connectivity index (χ1n) is 9.13. The molecule has 12 heteroatoms. The van der Waals surface area contributed by atoms with Crippen LogP contribution in [-0.2, 0) is 20.9 Å². The van der Waals surface area contributed by atoms with E-state index in [0.29, 0.717) is 0 Å². The predicted molar refractivity (Wildman–Crippen MR) is 102 cm³/mol. The molecule has 0 unspecified atom stereocenters. The molecule has 0 radical (unpaired) electrons. The summed E-state index contributed by atoms with van der Waals surface area (Å²) in [6, 6.07) is 6.36. The van der Waals surface area contributed by atoms with E-state index in [4.69, 9.17) is 4.74 Å². The maximum absolute atomic E-state index is 14.8. The van der Waals surface area contributed by atoms with Gasteiger partial charge in [0.15, 0.2) is 5.82 Å². The molecular weight excluding hydrogens is 440 g/mol. The number of morpholine rings is 1. The van der Waals surface area contributed by atoms with Gasteiger partial charge in [0.2, 0.25) is 10.0 Å². The predicted octanol–water partition coefficient (Wildman–Crippen LogP) is 3.32. The highest BCUT2D eigenvalue weighted by atomic mass is 32.2. The van der Waals surface area contributed by atoms with Crippen LogP contribution in [0.2, 0.25) is 0 Å². The molecule has 0 atom stereocenters. The number of ether oxygens (including phenoxy) is 1. The third kappa shape index (κ3) is 4.18. The summed E-state index contributed by atoms with van der Waals surface area (Å²) < 4.78 is 87.8. The van der Waals surface area contributed by atoms with Crippen LogP contribution in [0.4, 0.5) is 17.6 Å². The second kappa shape index (κ2) is 8.02. The van der Waals surface area contributed by atoms with Gasteiger partial charge in [-0.05, 0) is 29.8 Å². The smallest absolute Gasteiger partial charge is 0.379 e. The zero-order valence-corrected chi connectivity index (χ0v) is 16.7. The number of halogens is 4. The first-order valence-corrected chi connectivity index (χ1v) is 10.6. The van der Waals surface area contributed by atoms with Crippen molar-refractivity contribution in [3.05, 3.63) is 54.1 Å². The lowest BCUT2D eigenvalue weighted by Crippen LogP contribution is -2.40. The summed E-state index contributed by atoms with van der Waals surface area (Å²) in [4.78, 5) is 3.66. The Hall–Kier alpha value is -2.83. The third-order valence-electron chi connectivity index (χ3n) is 4.83. The number of nitrogens with zero attached hydrogens (tertiary/aromatic N) is 3. The van der Waals surface area contributed by atoms with Gasteiger partial charge >= 0.3 is 6.18 Å². The molecular formula is C19H16F4N4O3S. The van der Waals surface area contributed by atoms with Gasteiger partial charge in [-0.2, -0.15) is 22.6 Å². The minimum absolute atomic E-state index is 0.0112. The van der Waals surface area contributed by atoms with Gasteiger partial charge in [-0.1, -0.05) is 12.1 Å². The molecule has 1 aliphatic rings. The standard InChI is InChI=1S/C19H16F4N4O3S/c20-16-10-13(18-24-11-25-26-18)9-15(19(21,22)23)17(16)12-1-3-14(4-2-12)31(28,29)27-5-7-30-8-6-27/h1-4,9-11H,5-8H2,(H,24,25,26). The topological polar surface area (TPSA) is 88.2 Å². The van der Waals surface area contributed by atoms with Crippen LogP contribution in [0.3, 0.4) is 0 Å². The molecule has 0 amide bonds. The Balaban J connectivity index is 1.76. The van der Waals surface area contributed by atoms with Gasteiger partial charge in [0, 0.05) is 24.2 Å². The zero-order valence-electron chi connectivity index (χ0n) is 15.9. The number of aromatic amines is 1. The van der Waals surface area contributed by atoms with Crippen molar-refractivity contribution in [3.8, 4) is 22.5 Å². The van der Waals surface area contributed by atoms with E-state index < -0.39 is 33.1 Å². The van der Waals surface area contributed by atoms with Crippen LogP contribution in [-0.4, -0.2) is 54.2 Å². The van der Waals surface area contributed by atoms with Crippen LogP contribution < -0.4 is 0 Å². The quantitative estimate of drug-likeness (QED) is 0.609. The number of hydrogen-bond donors (Lipinski definition) is 1. The molecule has 4 rings (SSSR count). The van der Waals surface area contributed by atoms with E-state index >= 15 is 0 Å². The minimum atomic E-state index is -4.86. The van der Waals surface area contributed by atoms with Crippen LogP contribution in [0.15, 0.2) is 47.6 Å². The van der Waals surface area contributed by atoms with E-state index in [2.05, 4.69) is 15.2 Å². The average Bonchev–Trinajstić information content (AvgIpc) is 3.28. The molecule has 164 valence electrons. The summed E-state index contributed by atoms with van der Waals surface area (Å²) in [5.74, 6) is -1.13. The fourth-order valence-electron chi connectivity index (χ4n) is 3.33. The van der Waals surface area contributed by atoms with Gasteiger partial charge in [0.1, 0.15) is 12.1 Å². The van der Waals surface area contributed by atoms with Crippen molar-refractivity contribution in [2.75, 3.05) is 26.3 Å². The number of sulfonamides is 1. The summed E-state index contributed by atoms with van der Waals surface area (Å²) >= 11 is 0. The lowest BCUT2D eigenvalue weighted by atomic mass is 9.96. The fourth-order valence-corrected chi connectivity index (χ4v) is 4.74. The van der Waals surface area contributed by atoms with Gasteiger partial charge < -0.3 is 4.74 Å². The summed E-state index contributed by atoms with van der Waals surface area (Å²) in [6.07, 6.45) is -3.76. The number of hydrogen-bond acceptors (Lipinski definition) is 5. The fraction of sp³-hybridized carbons (Fsp3) is 0.263. The highest BCUT2D eigenvalue weighted by Crippen LogP contribution is 2.41. The first-order chi connectivity index (χ1) is 14.7. The molecule has 0 saturated carbocycles. The van der Waals surface area contributed by atoms with Gasteiger partial charge in [-0.15, -0.1) is 0 Å². The lowest BCUT2D eigenvalue weighted by molar-refractivity contribution is -0.137. The number of alkyl halides is 3. The van der Waals surface area contributed by atoms with E-state index in [1.54, 1.807) is 0 Å². The van der Waals surface area contributed by atoms with E-state index in [1.165, 1.54) is 16.4 Å². The molecule has 0 bridgehead atoms. The summed E-state index contributed by atoms with van der Waals surface area (Å²) in [6.45, 7) is 0.879. The molecule has 0 spiro atoms. The van der Waals surface area contributed by atoms with E-state index in [9.17, 15) is 26.0 Å². The largest absolute Gasteiger partial charge is 0.417 e. The molecule has 1 fully saturated rings. The average molecular weight is 456 g/mol. The highest BCUT2D eigenvalue weighted by molar-refractivity contribution is 7.89. The molecule has 2 heterocycles. The zero-order chi connectivity index (χ0) is 22.2. The molecule has 0 aliphatic carbocycles. The Bertz CT molecular complexity index is 1170. The molecule has 1 N–H and O–H groups in total. The van der Waals surface area contributed by atoms with Gasteiger partial charge in [-0.25, -0.2) is 17.8 Å². The molecule has 31 heavy (non-hydrogen) atoms. The van der Waals surface area contributed by atoms with Crippen molar-refractivity contribution in [3.63, 3.8) is 0 Å². The number of aromatic nitrogens is 3. The van der Waals surface area contributed by atoms with Crippen molar-refractivity contribution >= 4 is 10.0 Å². The Kier molecular flexibility index (Phi) is 5.54. The van der Waals surface area contributed by atoms with Crippen molar-refractivity contribution in [1.82, 2.24) is 19.5 Å². The maximum atomic E-state index is 14.8. The monoisotopic (exact) mass is 456 g/mol. The van der Waals surface area contributed by atoms with Crippen molar-refractivity contribution < 1.29 is 30.7 Å². The third-order valence-corrected chi connectivity index (χ3v) is 6.75. The van der Waals surface area contributed by atoms with Crippen LogP contribution in [0.1, 0.15) is 5.56 Å². The van der Waals surface area contributed by atoms with E-state index in [0.717, 1.165) is 30.6 Å². The van der Waals surface area contributed by atoms with Crippen LogP contribution in [0, 0.1) is 5.82 Å². The summed E-state index contributed by atoms with van der Waals surface area (Å²) in [5.41, 5.74) is -2.10. The Morgan fingerprint density at radius 2 is 1.71 bits per heavy atom. The van der Waals surface area contributed by atoms with Crippen LogP contribution >= 0.6 is 0 Å². The minimum Gasteiger partial charge on any atom is -0.379 e. The molecule has 2 aromatic carbocycles. The first kappa shape index (κ1) is 21.4. The number of benzene rings is 2. The Morgan fingerprint density at radius 3 is 2.29 bits per heavy atom. The summed E-state index contributed by atoms with van der Waals surface area (Å²) in [7, 11) is -3.83. The Labute approximate surface area is 174 Å². The van der Waals surface area contributed by atoms with Gasteiger partial charge in [-0.3, -0.25) is 5.10 Å². The number of rotatable bonds is 4. The number of nitrogens with one attached hydrogen (secondary N) is 1. The van der Waals surface area contributed by atoms with Gasteiger partial charge in [0.05, 0.1) is 23.7 Å². The van der Waals surface area contributed by atoms with Crippen LogP contribution in [0.25, 0.3) is 22.5 Å². The second-order valence-corrected chi connectivity index (χ2v) is 8.69. The molecule has 1 aromatic heterocycles.